The first kappa shape index (κ1) is 36.2. The zero-order valence-electron chi connectivity index (χ0n) is 22.9. The first-order chi connectivity index (χ1) is 15.7. The Morgan fingerprint density at radius 1 is 0.629 bits per heavy atom. The molecule has 2 heterocycles. The molecule has 4 fully saturated rings. The van der Waals surface area contributed by atoms with Gasteiger partial charge in [0.2, 0.25) is 0 Å². The summed E-state index contributed by atoms with van der Waals surface area (Å²) in [6.07, 6.45) is 20.8. The minimum atomic E-state index is 0. The Kier molecular flexibility index (Phi) is 22.8. The molecule has 2 N–H and O–H groups in total. The maximum Gasteiger partial charge on any atom is 0.0445 e. The van der Waals surface area contributed by atoms with Gasteiger partial charge in [0.1, 0.15) is 0 Å². The Morgan fingerprint density at radius 3 is 1.31 bits per heavy atom. The SMILES string of the molecule is CC(CCCN1CCSC1)C1CCCCC1.CC(CCCN1CCSC1)C1CCCCC1.Cl.Cl.O. The zero-order valence-corrected chi connectivity index (χ0v) is 26.2. The molecule has 4 aliphatic rings. The van der Waals surface area contributed by atoms with Gasteiger partial charge in [0.25, 0.3) is 0 Å². The summed E-state index contributed by atoms with van der Waals surface area (Å²) in [4.78, 5) is 5.25. The summed E-state index contributed by atoms with van der Waals surface area (Å²) in [6, 6.07) is 0. The van der Waals surface area contributed by atoms with E-state index in [0.29, 0.717) is 0 Å². The van der Waals surface area contributed by atoms with Crippen LogP contribution in [-0.2, 0) is 0 Å². The van der Waals surface area contributed by atoms with Gasteiger partial charge in [0, 0.05) is 36.3 Å². The van der Waals surface area contributed by atoms with E-state index < -0.39 is 0 Å². The Bertz CT molecular complexity index is 426. The van der Waals surface area contributed by atoms with Crippen molar-refractivity contribution in [2.45, 2.75) is 104 Å². The topological polar surface area (TPSA) is 38.0 Å². The first-order valence-corrected chi connectivity index (χ1v) is 16.6. The fourth-order valence-electron chi connectivity index (χ4n) is 6.41. The molecular formula is C28H58Cl2N2OS2. The summed E-state index contributed by atoms with van der Waals surface area (Å²) < 4.78 is 0. The first-order valence-electron chi connectivity index (χ1n) is 14.3. The van der Waals surface area contributed by atoms with E-state index in [4.69, 9.17) is 0 Å². The highest BCUT2D eigenvalue weighted by molar-refractivity contribution is 7.99. The molecule has 0 aromatic rings. The van der Waals surface area contributed by atoms with Crippen LogP contribution in [0.5, 0.6) is 0 Å². The monoisotopic (exact) mass is 572 g/mol. The molecule has 2 aliphatic carbocycles. The Labute approximate surface area is 239 Å². The predicted octanol–water partition coefficient (Wildman–Crippen LogP) is 8.00. The van der Waals surface area contributed by atoms with Gasteiger partial charge < -0.3 is 5.48 Å². The van der Waals surface area contributed by atoms with Crippen molar-refractivity contribution in [3.63, 3.8) is 0 Å². The molecule has 2 atom stereocenters. The van der Waals surface area contributed by atoms with Crippen molar-refractivity contribution in [1.29, 1.82) is 0 Å². The standard InChI is InChI=1S/2C14H27NS.2ClH.H2O/c2*1-13(14-7-3-2-4-8-14)6-5-9-15-10-11-16-12-15;;;/h2*13-14H,2-12H2,1H3;2*1H;1H2. The van der Waals surface area contributed by atoms with E-state index in [1.165, 1.54) is 139 Å². The lowest BCUT2D eigenvalue weighted by Gasteiger charge is -2.28. The van der Waals surface area contributed by atoms with Gasteiger partial charge in [-0.05, 0) is 62.4 Å². The van der Waals surface area contributed by atoms with Gasteiger partial charge in [0.15, 0.2) is 0 Å². The molecule has 0 radical (unpaired) electrons. The lowest BCUT2D eigenvalue weighted by atomic mass is 9.79. The molecule has 3 nitrogen and oxygen atoms in total. The largest absolute Gasteiger partial charge is 0.412 e. The fourth-order valence-corrected chi connectivity index (χ4v) is 8.47. The van der Waals surface area contributed by atoms with Crippen LogP contribution >= 0.6 is 48.3 Å². The average molecular weight is 574 g/mol. The van der Waals surface area contributed by atoms with Gasteiger partial charge in [0.05, 0.1) is 0 Å². The van der Waals surface area contributed by atoms with E-state index >= 15 is 0 Å². The number of hydrogen-bond acceptors (Lipinski definition) is 4. The molecule has 7 heteroatoms. The molecule has 2 unspecified atom stereocenters. The molecule has 0 aromatic heterocycles. The van der Waals surface area contributed by atoms with Gasteiger partial charge in [-0.3, -0.25) is 9.80 Å². The summed E-state index contributed by atoms with van der Waals surface area (Å²) >= 11 is 4.19. The normalized spacial score (nSPS) is 23.8. The second-order valence-corrected chi connectivity index (χ2v) is 13.5. The van der Waals surface area contributed by atoms with Crippen molar-refractivity contribution >= 4 is 48.3 Å². The van der Waals surface area contributed by atoms with Crippen LogP contribution in [0.1, 0.15) is 104 Å². The molecule has 2 aliphatic heterocycles. The molecule has 35 heavy (non-hydrogen) atoms. The van der Waals surface area contributed by atoms with E-state index in [1.54, 1.807) is 0 Å². The third kappa shape index (κ3) is 14.8. The van der Waals surface area contributed by atoms with Gasteiger partial charge in [-0.25, -0.2) is 0 Å². The lowest BCUT2D eigenvalue weighted by molar-refractivity contribution is 0.238. The van der Waals surface area contributed by atoms with Crippen LogP contribution in [0.4, 0.5) is 0 Å². The van der Waals surface area contributed by atoms with Gasteiger partial charge >= 0.3 is 0 Å². The van der Waals surface area contributed by atoms with Crippen molar-refractivity contribution in [2.24, 2.45) is 23.7 Å². The zero-order chi connectivity index (χ0) is 22.4. The molecule has 0 amide bonds. The van der Waals surface area contributed by atoms with Crippen LogP contribution in [-0.4, -0.2) is 64.7 Å². The summed E-state index contributed by atoms with van der Waals surface area (Å²) in [5, 5.41) is 0. The number of nitrogens with zero attached hydrogens (tertiary/aromatic N) is 2. The van der Waals surface area contributed by atoms with Crippen LogP contribution in [0.3, 0.4) is 0 Å². The molecule has 4 rings (SSSR count). The number of halogens is 2. The third-order valence-electron chi connectivity index (χ3n) is 8.83. The minimum Gasteiger partial charge on any atom is -0.412 e. The molecule has 2 saturated carbocycles. The second-order valence-electron chi connectivity index (χ2n) is 11.3. The molecule has 212 valence electrons. The smallest absolute Gasteiger partial charge is 0.0445 e. The molecular weight excluding hydrogens is 515 g/mol. The highest BCUT2D eigenvalue weighted by Gasteiger charge is 2.21. The number of thioether (sulfide) groups is 2. The quantitative estimate of drug-likeness (QED) is 0.265. The van der Waals surface area contributed by atoms with Crippen LogP contribution in [0.15, 0.2) is 0 Å². The van der Waals surface area contributed by atoms with Crippen LogP contribution in [0.25, 0.3) is 0 Å². The highest BCUT2D eigenvalue weighted by atomic mass is 35.5. The van der Waals surface area contributed by atoms with Crippen LogP contribution < -0.4 is 0 Å². The maximum atomic E-state index is 2.62. The van der Waals surface area contributed by atoms with Crippen LogP contribution in [0, 0.1) is 23.7 Å². The van der Waals surface area contributed by atoms with Gasteiger partial charge in [-0.15, -0.1) is 48.3 Å². The van der Waals surface area contributed by atoms with E-state index in [-0.39, 0.29) is 30.3 Å². The minimum absolute atomic E-state index is 0. The highest BCUT2D eigenvalue weighted by Crippen LogP contribution is 2.33. The maximum absolute atomic E-state index is 2.62. The molecule has 0 aromatic carbocycles. The summed E-state index contributed by atoms with van der Waals surface area (Å²) in [6.45, 7) is 10.4. The van der Waals surface area contributed by atoms with E-state index in [9.17, 15) is 0 Å². The van der Waals surface area contributed by atoms with E-state index in [0.717, 1.165) is 23.7 Å². The second kappa shape index (κ2) is 22.0. The van der Waals surface area contributed by atoms with Crippen molar-refractivity contribution in [3.8, 4) is 0 Å². The van der Waals surface area contributed by atoms with Gasteiger partial charge in [-0.1, -0.05) is 78.1 Å². The van der Waals surface area contributed by atoms with Crippen molar-refractivity contribution in [1.82, 2.24) is 9.80 Å². The van der Waals surface area contributed by atoms with Crippen molar-refractivity contribution < 1.29 is 5.48 Å². The number of hydrogen-bond donors (Lipinski definition) is 0. The molecule has 0 bridgehead atoms. The summed E-state index contributed by atoms with van der Waals surface area (Å²) in [7, 11) is 0. The third-order valence-corrected chi connectivity index (χ3v) is 10.9. The fraction of sp³-hybridized carbons (Fsp3) is 1.00. The van der Waals surface area contributed by atoms with E-state index in [2.05, 4.69) is 47.2 Å². The van der Waals surface area contributed by atoms with Crippen molar-refractivity contribution in [2.75, 3.05) is 49.4 Å². The molecule has 0 spiro atoms. The lowest BCUT2D eigenvalue weighted by Crippen LogP contribution is -2.22. The summed E-state index contributed by atoms with van der Waals surface area (Å²) in [5.74, 6) is 9.38. The Balaban J connectivity index is 0.000000608. The summed E-state index contributed by atoms with van der Waals surface area (Å²) in [5.41, 5.74) is 0. The van der Waals surface area contributed by atoms with Gasteiger partial charge in [-0.2, -0.15) is 0 Å². The van der Waals surface area contributed by atoms with Crippen LogP contribution in [0.2, 0.25) is 0 Å². The Hall–Kier alpha value is 1.16. The predicted molar refractivity (Wildman–Crippen MR) is 166 cm³/mol. The molecule has 2 saturated heterocycles. The van der Waals surface area contributed by atoms with E-state index in [1.807, 2.05) is 0 Å². The Morgan fingerprint density at radius 2 is 1.00 bits per heavy atom. The van der Waals surface area contributed by atoms with Crippen molar-refractivity contribution in [3.05, 3.63) is 0 Å². The average Bonchev–Trinajstić information content (AvgIpc) is 3.55. The number of rotatable bonds is 10.